The van der Waals surface area contributed by atoms with E-state index in [0.29, 0.717) is 6.42 Å². The first-order valence-corrected chi connectivity index (χ1v) is 6.46. The molecule has 1 saturated heterocycles. The van der Waals surface area contributed by atoms with Gasteiger partial charge in [0.2, 0.25) is 5.91 Å². The van der Waals surface area contributed by atoms with Crippen molar-refractivity contribution >= 4 is 17.2 Å². The standard InChI is InChI=1S/C13H12N2OS/c16-11-8-10(13-14-6-7-17-13)12(15-11)9-4-2-1-3-5-9/h1-7,10,12H,8H2,(H,15,16). The van der Waals surface area contributed by atoms with E-state index in [1.165, 1.54) is 0 Å². The molecule has 1 fully saturated rings. The Balaban J connectivity index is 1.95. The average molecular weight is 244 g/mol. The third-order valence-corrected chi connectivity index (χ3v) is 3.96. The number of amides is 1. The smallest absolute Gasteiger partial charge is 0.221 e. The molecule has 2 atom stereocenters. The highest BCUT2D eigenvalue weighted by atomic mass is 32.1. The molecule has 1 aliphatic heterocycles. The van der Waals surface area contributed by atoms with Crippen LogP contribution in [-0.2, 0) is 4.79 Å². The fourth-order valence-corrected chi connectivity index (χ4v) is 3.05. The molecule has 3 rings (SSSR count). The maximum atomic E-state index is 11.6. The second-order valence-electron chi connectivity index (χ2n) is 4.14. The van der Waals surface area contributed by atoms with E-state index in [1.807, 2.05) is 23.6 Å². The zero-order valence-corrected chi connectivity index (χ0v) is 9.98. The highest BCUT2D eigenvalue weighted by Crippen LogP contribution is 2.38. The quantitative estimate of drug-likeness (QED) is 0.881. The Morgan fingerprint density at radius 3 is 2.82 bits per heavy atom. The van der Waals surface area contributed by atoms with Crippen molar-refractivity contribution < 1.29 is 4.79 Å². The summed E-state index contributed by atoms with van der Waals surface area (Å²) in [6.45, 7) is 0. The van der Waals surface area contributed by atoms with Gasteiger partial charge in [-0.25, -0.2) is 4.98 Å². The summed E-state index contributed by atoms with van der Waals surface area (Å²) < 4.78 is 0. The van der Waals surface area contributed by atoms with Gasteiger partial charge in [-0.1, -0.05) is 30.3 Å². The molecule has 0 spiro atoms. The van der Waals surface area contributed by atoms with Crippen LogP contribution in [0.25, 0.3) is 0 Å². The highest BCUT2D eigenvalue weighted by molar-refractivity contribution is 7.09. The average Bonchev–Trinajstić information content (AvgIpc) is 2.98. The van der Waals surface area contributed by atoms with Crippen LogP contribution in [0.3, 0.4) is 0 Å². The SMILES string of the molecule is O=C1CC(c2nccs2)C(c2ccccc2)N1. The van der Waals surface area contributed by atoms with Crippen LogP contribution in [0.5, 0.6) is 0 Å². The number of rotatable bonds is 2. The number of thiazole rings is 1. The maximum absolute atomic E-state index is 11.6. The molecule has 3 nitrogen and oxygen atoms in total. The molecule has 2 unspecified atom stereocenters. The van der Waals surface area contributed by atoms with E-state index >= 15 is 0 Å². The van der Waals surface area contributed by atoms with Gasteiger partial charge in [0.1, 0.15) is 0 Å². The van der Waals surface area contributed by atoms with Gasteiger partial charge in [0.25, 0.3) is 0 Å². The Bertz CT molecular complexity index is 509. The number of aromatic nitrogens is 1. The van der Waals surface area contributed by atoms with Crippen LogP contribution in [0.2, 0.25) is 0 Å². The van der Waals surface area contributed by atoms with Gasteiger partial charge >= 0.3 is 0 Å². The second kappa shape index (κ2) is 4.30. The van der Waals surface area contributed by atoms with Gasteiger partial charge in [-0.2, -0.15) is 0 Å². The summed E-state index contributed by atoms with van der Waals surface area (Å²) in [4.78, 5) is 15.9. The summed E-state index contributed by atoms with van der Waals surface area (Å²) in [7, 11) is 0. The molecule has 17 heavy (non-hydrogen) atoms. The molecule has 0 radical (unpaired) electrons. The van der Waals surface area contributed by atoms with Crippen LogP contribution >= 0.6 is 11.3 Å². The molecule has 1 amide bonds. The molecular weight excluding hydrogens is 232 g/mol. The molecule has 1 N–H and O–H groups in total. The first kappa shape index (κ1) is 10.5. The Morgan fingerprint density at radius 2 is 2.12 bits per heavy atom. The molecule has 0 aliphatic carbocycles. The van der Waals surface area contributed by atoms with Crippen molar-refractivity contribution in [2.75, 3.05) is 0 Å². The monoisotopic (exact) mass is 244 g/mol. The zero-order valence-electron chi connectivity index (χ0n) is 9.17. The van der Waals surface area contributed by atoms with Crippen molar-refractivity contribution in [3.63, 3.8) is 0 Å². The predicted octanol–water partition coefficient (Wildman–Crippen LogP) is 2.49. The number of nitrogens with zero attached hydrogens (tertiary/aromatic N) is 1. The van der Waals surface area contributed by atoms with Crippen LogP contribution in [0.4, 0.5) is 0 Å². The lowest BCUT2D eigenvalue weighted by Crippen LogP contribution is -2.20. The molecule has 4 heteroatoms. The first-order valence-electron chi connectivity index (χ1n) is 5.58. The molecule has 1 aliphatic rings. The number of carbonyl (C=O) groups excluding carboxylic acids is 1. The number of benzene rings is 1. The van der Waals surface area contributed by atoms with Crippen molar-refractivity contribution in [2.45, 2.75) is 18.4 Å². The minimum Gasteiger partial charge on any atom is -0.349 e. The summed E-state index contributed by atoms with van der Waals surface area (Å²) in [5.41, 5.74) is 1.15. The van der Waals surface area contributed by atoms with Crippen molar-refractivity contribution in [3.05, 3.63) is 52.5 Å². The lowest BCUT2D eigenvalue weighted by Gasteiger charge is -2.17. The highest BCUT2D eigenvalue weighted by Gasteiger charge is 2.35. The summed E-state index contributed by atoms with van der Waals surface area (Å²) >= 11 is 1.62. The summed E-state index contributed by atoms with van der Waals surface area (Å²) in [6, 6.07) is 10.2. The van der Waals surface area contributed by atoms with Gasteiger partial charge < -0.3 is 5.32 Å². The van der Waals surface area contributed by atoms with E-state index in [-0.39, 0.29) is 17.9 Å². The van der Waals surface area contributed by atoms with E-state index in [9.17, 15) is 4.79 Å². The van der Waals surface area contributed by atoms with Crippen LogP contribution < -0.4 is 5.32 Å². The number of carbonyl (C=O) groups is 1. The predicted molar refractivity (Wildman–Crippen MR) is 66.8 cm³/mol. The molecule has 2 aromatic rings. The third-order valence-electron chi connectivity index (χ3n) is 3.05. The van der Waals surface area contributed by atoms with E-state index in [4.69, 9.17) is 0 Å². The number of hydrogen-bond donors (Lipinski definition) is 1. The molecule has 0 saturated carbocycles. The van der Waals surface area contributed by atoms with Gasteiger partial charge in [-0.05, 0) is 5.56 Å². The van der Waals surface area contributed by atoms with Gasteiger partial charge in [-0.15, -0.1) is 11.3 Å². The van der Waals surface area contributed by atoms with Crippen LogP contribution in [0.1, 0.15) is 29.0 Å². The number of hydrogen-bond acceptors (Lipinski definition) is 3. The Morgan fingerprint density at radius 1 is 1.29 bits per heavy atom. The normalized spacial score (nSPS) is 23.6. The lowest BCUT2D eigenvalue weighted by molar-refractivity contribution is -0.119. The Kier molecular flexibility index (Phi) is 2.65. The van der Waals surface area contributed by atoms with Gasteiger partial charge in [0.15, 0.2) is 0 Å². The van der Waals surface area contributed by atoms with E-state index < -0.39 is 0 Å². The zero-order chi connectivity index (χ0) is 11.7. The number of nitrogens with one attached hydrogen (secondary N) is 1. The van der Waals surface area contributed by atoms with E-state index in [0.717, 1.165) is 10.6 Å². The van der Waals surface area contributed by atoms with Crippen LogP contribution in [0, 0.1) is 0 Å². The molecule has 1 aromatic carbocycles. The largest absolute Gasteiger partial charge is 0.349 e. The first-order chi connectivity index (χ1) is 8.34. The third kappa shape index (κ3) is 1.96. The van der Waals surface area contributed by atoms with Crippen molar-refractivity contribution in [1.29, 1.82) is 0 Å². The van der Waals surface area contributed by atoms with Crippen molar-refractivity contribution in [3.8, 4) is 0 Å². The molecule has 0 bridgehead atoms. The van der Waals surface area contributed by atoms with Crippen molar-refractivity contribution in [1.82, 2.24) is 10.3 Å². The Hall–Kier alpha value is -1.68. The second-order valence-corrected chi connectivity index (χ2v) is 5.06. The maximum Gasteiger partial charge on any atom is 0.221 e. The molecule has 2 heterocycles. The van der Waals surface area contributed by atoms with Gasteiger partial charge in [-0.3, -0.25) is 4.79 Å². The minimum absolute atomic E-state index is 0.0647. The van der Waals surface area contributed by atoms with Gasteiger partial charge in [0.05, 0.1) is 11.0 Å². The van der Waals surface area contributed by atoms with Crippen molar-refractivity contribution in [2.24, 2.45) is 0 Å². The van der Waals surface area contributed by atoms with E-state index in [2.05, 4.69) is 22.4 Å². The molecular formula is C13H12N2OS. The van der Waals surface area contributed by atoms with Crippen LogP contribution in [-0.4, -0.2) is 10.9 Å². The van der Waals surface area contributed by atoms with Crippen LogP contribution in [0.15, 0.2) is 41.9 Å². The molecule has 1 aromatic heterocycles. The van der Waals surface area contributed by atoms with E-state index in [1.54, 1.807) is 17.5 Å². The fourth-order valence-electron chi connectivity index (χ4n) is 2.27. The summed E-state index contributed by atoms with van der Waals surface area (Å²) in [5, 5.41) is 6.03. The summed E-state index contributed by atoms with van der Waals surface area (Å²) in [5.74, 6) is 0.281. The topological polar surface area (TPSA) is 42.0 Å². The van der Waals surface area contributed by atoms with Gasteiger partial charge in [0, 0.05) is 23.9 Å². The molecule has 86 valence electrons. The fraction of sp³-hybridized carbons (Fsp3) is 0.231. The lowest BCUT2D eigenvalue weighted by atomic mass is 9.95. The summed E-state index contributed by atoms with van der Waals surface area (Å²) in [6.07, 6.45) is 2.33. The minimum atomic E-state index is 0.0647. The Labute approximate surface area is 104 Å².